The Labute approximate surface area is 89.7 Å². The van der Waals surface area contributed by atoms with Crippen molar-refractivity contribution in [1.29, 1.82) is 0 Å². The summed E-state index contributed by atoms with van der Waals surface area (Å²) in [4.78, 5) is 2.51. The second-order valence-corrected chi connectivity index (χ2v) is 5.07. The number of likely N-dealkylation sites (tertiary alicyclic amines) is 1. The standard InChI is InChI=1S/C11H18N2S/c1-8(2)13-5-3-10(12)11(13)9-4-6-14-7-9/h4,6-8,10-11H,3,5,12H2,1-2H3/t10-,11+/m0/s1. The molecule has 0 amide bonds. The quantitative estimate of drug-likeness (QED) is 0.811. The molecule has 0 spiro atoms. The molecular formula is C11H18N2S. The Morgan fingerprint density at radius 2 is 2.36 bits per heavy atom. The van der Waals surface area contributed by atoms with Gasteiger partial charge in [0.1, 0.15) is 0 Å². The van der Waals surface area contributed by atoms with Crippen LogP contribution < -0.4 is 5.73 Å². The monoisotopic (exact) mass is 210 g/mol. The predicted octanol–water partition coefficient (Wildman–Crippen LogP) is 2.23. The Hall–Kier alpha value is -0.380. The molecule has 0 radical (unpaired) electrons. The minimum Gasteiger partial charge on any atom is -0.326 e. The molecule has 1 aromatic rings. The van der Waals surface area contributed by atoms with Gasteiger partial charge in [0.05, 0.1) is 6.04 Å². The van der Waals surface area contributed by atoms with Crippen molar-refractivity contribution in [3.63, 3.8) is 0 Å². The van der Waals surface area contributed by atoms with Crippen LogP contribution in [0.1, 0.15) is 31.9 Å². The minimum absolute atomic E-state index is 0.312. The molecule has 2 nitrogen and oxygen atoms in total. The fraction of sp³-hybridized carbons (Fsp3) is 0.636. The van der Waals surface area contributed by atoms with E-state index in [0.29, 0.717) is 18.1 Å². The Morgan fingerprint density at radius 1 is 1.57 bits per heavy atom. The zero-order valence-corrected chi connectivity index (χ0v) is 9.63. The molecule has 2 atom stereocenters. The molecule has 0 aromatic carbocycles. The van der Waals surface area contributed by atoms with Crippen molar-refractivity contribution < 1.29 is 0 Å². The Bertz CT molecular complexity index is 281. The van der Waals surface area contributed by atoms with E-state index >= 15 is 0 Å². The van der Waals surface area contributed by atoms with Crippen LogP contribution in [0.25, 0.3) is 0 Å². The molecule has 1 aliphatic heterocycles. The van der Waals surface area contributed by atoms with Crippen molar-refractivity contribution in [3.05, 3.63) is 22.4 Å². The summed E-state index contributed by atoms with van der Waals surface area (Å²) in [5, 5.41) is 4.37. The van der Waals surface area contributed by atoms with E-state index in [4.69, 9.17) is 5.73 Å². The minimum atomic E-state index is 0.312. The van der Waals surface area contributed by atoms with Crippen LogP contribution in [0, 0.1) is 0 Å². The lowest BCUT2D eigenvalue weighted by molar-refractivity contribution is 0.198. The number of thiophene rings is 1. The van der Waals surface area contributed by atoms with Crippen molar-refractivity contribution in [1.82, 2.24) is 4.90 Å². The van der Waals surface area contributed by atoms with Crippen LogP contribution in [0.15, 0.2) is 16.8 Å². The van der Waals surface area contributed by atoms with Crippen LogP contribution >= 0.6 is 11.3 Å². The molecule has 1 saturated heterocycles. The SMILES string of the molecule is CC(C)N1CC[C@H](N)[C@H]1c1ccsc1. The highest BCUT2D eigenvalue weighted by molar-refractivity contribution is 7.07. The highest BCUT2D eigenvalue weighted by Gasteiger charge is 2.34. The molecule has 0 unspecified atom stereocenters. The molecule has 78 valence electrons. The van der Waals surface area contributed by atoms with Crippen LogP contribution in [0.4, 0.5) is 0 Å². The van der Waals surface area contributed by atoms with E-state index in [-0.39, 0.29) is 0 Å². The maximum atomic E-state index is 6.16. The largest absolute Gasteiger partial charge is 0.326 e. The molecule has 1 aliphatic rings. The summed E-state index contributed by atoms with van der Waals surface area (Å²) in [5.41, 5.74) is 7.56. The molecule has 3 heteroatoms. The summed E-state index contributed by atoms with van der Waals surface area (Å²) < 4.78 is 0. The lowest BCUT2D eigenvalue weighted by Crippen LogP contribution is -2.35. The van der Waals surface area contributed by atoms with Gasteiger partial charge in [0, 0.05) is 18.6 Å². The lowest BCUT2D eigenvalue weighted by atomic mass is 10.0. The highest BCUT2D eigenvalue weighted by Crippen LogP contribution is 2.33. The van der Waals surface area contributed by atoms with Crippen molar-refractivity contribution in [2.75, 3.05) is 6.54 Å². The lowest BCUT2D eigenvalue weighted by Gasteiger charge is -2.29. The molecule has 2 N–H and O–H groups in total. The predicted molar refractivity (Wildman–Crippen MR) is 61.5 cm³/mol. The molecule has 1 aromatic heterocycles. The van der Waals surface area contributed by atoms with Gasteiger partial charge >= 0.3 is 0 Å². The van der Waals surface area contributed by atoms with Crippen molar-refractivity contribution in [3.8, 4) is 0 Å². The summed E-state index contributed by atoms with van der Waals surface area (Å²) in [6, 6.07) is 3.55. The number of hydrogen-bond donors (Lipinski definition) is 1. The van der Waals surface area contributed by atoms with Gasteiger partial charge in [0.2, 0.25) is 0 Å². The third-order valence-electron chi connectivity index (χ3n) is 3.03. The van der Waals surface area contributed by atoms with Gasteiger partial charge in [0.25, 0.3) is 0 Å². The normalized spacial score (nSPS) is 28.9. The number of nitrogens with two attached hydrogens (primary N) is 1. The van der Waals surface area contributed by atoms with Gasteiger partial charge in [0.15, 0.2) is 0 Å². The molecule has 0 bridgehead atoms. The van der Waals surface area contributed by atoms with E-state index in [1.165, 1.54) is 5.56 Å². The second kappa shape index (κ2) is 4.01. The van der Waals surface area contributed by atoms with Gasteiger partial charge in [-0.1, -0.05) is 0 Å². The fourth-order valence-electron chi connectivity index (χ4n) is 2.30. The first-order valence-electron chi connectivity index (χ1n) is 5.23. The Morgan fingerprint density at radius 3 is 2.93 bits per heavy atom. The van der Waals surface area contributed by atoms with Gasteiger partial charge in [-0.3, -0.25) is 4.90 Å². The summed E-state index contributed by atoms with van der Waals surface area (Å²) >= 11 is 1.76. The van der Waals surface area contributed by atoms with Gasteiger partial charge in [-0.2, -0.15) is 11.3 Å². The molecule has 14 heavy (non-hydrogen) atoms. The van der Waals surface area contributed by atoms with Gasteiger partial charge < -0.3 is 5.73 Å². The summed E-state index contributed by atoms with van der Waals surface area (Å²) in [5.74, 6) is 0. The third-order valence-corrected chi connectivity index (χ3v) is 3.73. The van der Waals surface area contributed by atoms with Gasteiger partial charge in [-0.15, -0.1) is 0 Å². The Kier molecular flexibility index (Phi) is 2.91. The van der Waals surface area contributed by atoms with Gasteiger partial charge in [-0.25, -0.2) is 0 Å². The van der Waals surface area contributed by atoms with E-state index < -0.39 is 0 Å². The van der Waals surface area contributed by atoms with Gasteiger partial charge in [-0.05, 0) is 42.7 Å². The first-order valence-corrected chi connectivity index (χ1v) is 6.18. The fourth-order valence-corrected chi connectivity index (χ4v) is 2.99. The maximum Gasteiger partial charge on any atom is 0.0510 e. The molecule has 0 saturated carbocycles. The van der Waals surface area contributed by atoms with E-state index in [2.05, 4.69) is 35.6 Å². The molecular weight excluding hydrogens is 192 g/mol. The van der Waals surface area contributed by atoms with Crippen molar-refractivity contribution in [2.45, 2.75) is 38.4 Å². The summed E-state index contributed by atoms with van der Waals surface area (Å²) in [6.45, 7) is 5.63. The van der Waals surface area contributed by atoms with Crippen LogP contribution in [0.2, 0.25) is 0 Å². The van der Waals surface area contributed by atoms with Crippen LogP contribution in [0.3, 0.4) is 0 Å². The molecule has 2 rings (SSSR count). The molecule has 2 heterocycles. The summed E-state index contributed by atoms with van der Waals surface area (Å²) in [7, 11) is 0. The van der Waals surface area contributed by atoms with Crippen LogP contribution in [0.5, 0.6) is 0 Å². The maximum absolute atomic E-state index is 6.16. The van der Waals surface area contributed by atoms with E-state index in [1.54, 1.807) is 11.3 Å². The smallest absolute Gasteiger partial charge is 0.0510 e. The van der Waals surface area contributed by atoms with E-state index in [1.807, 2.05) is 0 Å². The second-order valence-electron chi connectivity index (χ2n) is 4.29. The highest BCUT2D eigenvalue weighted by atomic mass is 32.1. The van der Waals surface area contributed by atoms with E-state index in [0.717, 1.165) is 13.0 Å². The van der Waals surface area contributed by atoms with E-state index in [9.17, 15) is 0 Å². The third kappa shape index (κ3) is 1.72. The number of rotatable bonds is 2. The Balaban J connectivity index is 2.22. The number of hydrogen-bond acceptors (Lipinski definition) is 3. The first-order chi connectivity index (χ1) is 6.70. The first kappa shape index (κ1) is 10.1. The van der Waals surface area contributed by atoms with Crippen LogP contribution in [-0.2, 0) is 0 Å². The van der Waals surface area contributed by atoms with Crippen molar-refractivity contribution >= 4 is 11.3 Å². The van der Waals surface area contributed by atoms with Crippen LogP contribution in [-0.4, -0.2) is 23.5 Å². The molecule has 0 aliphatic carbocycles. The van der Waals surface area contributed by atoms with Crippen molar-refractivity contribution in [2.24, 2.45) is 5.73 Å². The topological polar surface area (TPSA) is 29.3 Å². The average molecular weight is 210 g/mol. The zero-order chi connectivity index (χ0) is 10.1. The summed E-state index contributed by atoms with van der Waals surface area (Å²) in [6.07, 6.45) is 1.12. The number of nitrogens with zero attached hydrogens (tertiary/aromatic N) is 1. The zero-order valence-electron chi connectivity index (χ0n) is 8.81. The average Bonchev–Trinajstić information content (AvgIpc) is 2.71. The molecule has 1 fully saturated rings.